The third-order valence-corrected chi connectivity index (χ3v) is 10.5. The van der Waals surface area contributed by atoms with E-state index in [2.05, 4.69) is 19.2 Å². The third kappa shape index (κ3) is 35.6. The second kappa shape index (κ2) is 34.0. The maximum absolute atomic E-state index is 12.8. The molecule has 50 heavy (non-hydrogen) atoms. The highest BCUT2D eigenvalue weighted by Gasteiger charge is 2.27. The highest BCUT2D eigenvalue weighted by molar-refractivity contribution is 7.47. The first kappa shape index (κ1) is 49.2. The second-order valence-corrected chi connectivity index (χ2v) is 17.2. The number of amides is 1. The van der Waals surface area contributed by atoms with Crippen molar-refractivity contribution in [2.75, 3.05) is 40.9 Å². The summed E-state index contributed by atoms with van der Waals surface area (Å²) in [6.45, 7) is 4.81. The molecule has 0 saturated carbocycles. The molecule has 0 saturated heterocycles. The Morgan fingerprint density at radius 1 is 0.660 bits per heavy atom. The van der Waals surface area contributed by atoms with Gasteiger partial charge in [-0.1, -0.05) is 180 Å². The van der Waals surface area contributed by atoms with E-state index in [4.69, 9.17) is 9.05 Å². The van der Waals surface area contributed by atoms with Crippen molar-refractivity contribution < 1.29 is 32.9 Å². The number of phosphoric ester groups is 1. The van der Waals surface area contributed by atoms with Crippen LogP contribution in [0, 0.1) is 0 Å². The van der Waals surface area contributed by atoms with Crippen molar-refractivity contribution in [2.24, 2.45) is 0 Å². The van der Waals surface area contributed by atoms with E-state index in [9.17, 15) is 19.4 Å². The van der Waals surface area contributed by atoms with Gasteiger partial charge in [0.15, 0.2) is 0 Å². The summed E-state index contributed by atoms with van der Waals surface area (Å²) in [5, 5.41) is 13.8. The molecule has 2 unspecified atom stereocenters. The quantitative estimate of drug-likeness (QED) is 0.0253. The molecule has 1 amide bonds. The zero-order valence-corrected chi connectivity index (χ0v) is 34.5. The summed E-state index contributed by atoms with van der Waals surface area (Å²) in [4.78, 5) is 23.0. The molecule has 298 valence electrons. The first-order valence-electron chi connectivity index (χ1n) is 21.1. The maximum atomic E-state index is 12.8. The fraction of sp³-hybridized carbons (Fsp3) is 0.927. The number of carbonyl (C=O) groups is 1. The zero-order chi connectivity index (χ0) is 37.2. The van der Waals surface area contributed by atoms with E-state index in [-0.39, 0.29) is 19.1 Å². The summed E-state index contributed by atoms with van der Waals surface area (Å²) >= 11 is 0. The highest BCUT2D eigenvalue weighted by Crippen LogP contribution is 2.43. The van der Waals surface area contributed by atoms with Crippen LogP contribution in [0.1, 0.15) is 194 Å². The lowest BCUT2D eigenvalue weighted by Crippen LogP contribution is -2.45. The monoisotopic (exact) mass is 732 g/mol. The number of phosphoric acid groups is 1. The first-order chi connectivity index (χ1) is 24.0. The molecule has 0 aromatic rings. The lowest BCUT2D eigenvalue weighted by atomic mass is 10.0. The van der Waals surface area contributed by atoms with Crippen molar-refractivity contribution in [3.8, 4) is 0 Å². The van der Waals surface area contributed by atoms with Gasteiger partial charge in [-0.2, -0.15) is 0 Å². The van der Waals surface area contributed by atoms with Crippen molar-refractivity contribution in [3.63, 3.8) is 0 Å². The topological polar surface area (TPSA) is 105 Å². The number of unbranched alkanes of at least 4 members (excludes halogenated alkanes) is 25. The Labute approximate surface area is 310 Å². The van der Waals surface area contributed by atoms with Crippen molar-refractivity contribution in [3.05, 3.63) is 12.2 Å². The Balaban J connectivity index is 4.44. The molecule has 0 aliphatic rings. The van der Waals surface area contributed by atoms with Crippen LogP contribution in [0.15, 0.2) is 12.2 Å². The summed E-state index contributed by atoms with van der Waals surface area (Å²) in [6, 6.07) is -0.838. The average Bonchev–Trinajstić information content (AvgIpc) is 3.06. The van der Waals surface area contributed by atoms with Gasteiger partial charge in [0, 0.05) is 6.42 Å². The number of quaternary nitrogens is 1. The van der Waals surface area contributed by atoms with Gasteiger partial charge in [-0.05, 0) is 19.3 Å². The first-order valence-corrected chi connectivity index (χ1v) is 22.6. The minimum atomic E-state index is -4.33. The number of nitrogens with zero attached hydrogens (tertiary/aromatic N) is 1. The molecule has 0 aliphatic carbocycles. The van der Waals surface area contributed by atoms with Crippen LogP contribution in [-0.4, -0.2) is 73.4 Å². The minimum Gasteiger partial charge on any atom is -0.387 e. The SMILES string of the molecule is CCCCCCCCCCCCC/C=C/[C@@H](O)C(COP(=O)(O)OCC[N+](C)(C)C)NC(=O)CCCCCCCCCCCCCCCCC. The van der Waals surface area contributed by atoms with Gasteiger partial charge in [0.2, 0.25) is 5.91 Å². The van der Waals surface area contributed by atoms with Crippen LogP contribution in [0.5, 0.6) is 0 Å². The number of hydrogen-bond donors (Lipinski definition) is 3. The van der Waals surface area contributed by atoms with Crippen LogP contribution in [0.25, 0.3) is 0 Å². The fourth-order valence-electron chi connectivity index (χ4n) is 6.10. The fourth-order valence-corrected chi connectivity index (χ4v) is 6.84. The molecule has 3 N–H and O–H groups in total. The number of nitrogens with one attached hydrogen (secondary N) is 1. The highest BCUT2D eigenvalue weighted by atomic mass is 31.2. The van der Waals surface area contributed by atoms with E-state index in [0.717, 1.165) is 38.5 Å². The van der Waals surface area contributed by atoms with Crippen LogP contribution in [0.3, 0.4) is 0 Å². The van der Waals surface area contributed by atoms with Crippen molar-refractivity contribution in [1.82, 2.24) is 5.32 Å². The number of carbonyl (C=O) groups excluding carboxylic acids is 1. The molecule has 0 aliphatic heterocycles. The van der Waals surface area contributed by atoms with Gasteiger partial charge in [0.05, 0.1) is 39.9 Å². The molecular weight excluding hydrogens is 647 g/mol. The summed E-state index contributed by atoms with van der Waals surface area (Å²) < 4.78 is 23.5. The van der Waals surface area contributed by atoms with Crippen LogP contribution in [-0.2, 0) is 18.4 Å². The molecular formula is C41H84N2O6P+. The summed E-state index contributed by atoms with van der Waals surface area (Å²) in [6.07, 6.45) is 36.9. The summed E-state index contributed by atoms with van der Waals surface area (Å²) in [7, 11) is 1.58. The lowest BCUT2D eigenvalue weighted by Gasteiger charge is -2.25. The number of likely N-dealkylation sites (N-methyl/N-ethyl adjacent to an activating group) is 1. The van der Waals surface area contributed by atoms with Crippen molar-refractivity contribution >= 4 is 13.7 Å². The standard InChI is InChI=1S/C41H83N2O6P/c1-6-8-10-12-14-16-18-20-21-23-25-27-29-31-33-35-41(45)42-39(38-49-50(46,47)48-37-36-43(3,4)5)40(44)34-32-30-28-26-24-22-19-17-15-13-11-9-7-2/h32,34,39-40,44H,6-31,33,35-38H2,1-5H3,(H-,42,45,46,47)/p+1/b34-32+/t39?,40-/m1/s1. The van der Waals surface area contributed by atoms with Gasteiger partial charge in [0.1, 0.15) is 13.2 Å². The largest absolute Gasteiger partial charge is 0.472 e. The van der Waals surface area contributed by atoms with Gasteiger partial charge >= 0.3 is 7.82 Å². The van der Waals surface area contributed by atoms with E-state index >= 15 is 0 Å². The van der Waals surface area contributed by atoms with E-state index in [1.165, 1.54) is 135 Å². The average molecular weight is 732 g/mol. The number of hydrogen-bond acceptors (Lipinski definition) is 5. The Morgan fingerprint density at radius 3 is 1.48 bits per heavy atom. The number of allylic oxidation sites excluding steroid dienone is 1. The molecule has 8 nitrogen and oxygen atoms in total. The van der Waals surface area contributed by atoms with E-state index in [0.29, 0.717) is 17.4 Å². The van der Waals surface area contributed by atoms with Gasteiger partial charge in [-0.15, -0.1) is 0 Å². The predicted octanol–water partition coefficient (Wildman–Crippen LogP) is 11.2. The normalized spacial score (nSPS) is 14.6. The Kier molecular flexibility index (Phi) is 33.5. The van der Waals surface area contributed by atoms with Crippen LogP contribution in [0.4, 0.5) is 0 Å². The van der Waals surface area contributed by atoms with Crippen LogP contribution in [0.2, 0.25) is 0 Å². The van der Waals surface area contributed by atoms with Crippen LogP contribution >= 0.6 is 7.82 Å². The maximum Gasteiger partial charge on any atom is 0.472 e. The molecule has 0 heterocycles. The van der Waals surface area contributed by atoms with Crippen LogP contribution < -0.4 is 5.32 Å². The zero-order valence-electron chi connectivity index (χ0n) is 33.7. The van der Waals surface area contributed by atoms with E-state index in [1.807, 2.05) is 27.2 Å². The number of aliphatic hydroxyl groups excluding tert-OH is 1. The van der Waals surface area contributed by atoms with Crippen molar-refractivity contribution in [1.29, 1.82) is 0 Å². The van der Waals surface area contributed by atoms with Gasteiger partial charge in [0.25, 0.3) is 0 Å². The molecule has 9 heteroatoms. The molecule has 0 fully saturated rings. The molecule has 3 atom stereocenters. The Morgan fingerprint density at radius 2 is 1.06 bits per heavy atom. The Hall–Kier alpha value is -0.760. The minimum absolute atomic E-state index is 0.0644. The van der Waals surface area contributed by atoms with Crippen molar-refractivity contribution in [2.45, 2.75) is 206 Å². The van der Waals surface area contributed by atoms with Gasteiger partial charge in [-0.25, -0.2) is 4.57 Å². The van der Waals surface area contributed by atoms with E-state index < -0.39 is 20.0 Å². The molecule has 0 spiro atoms. The van der Waals surface area contributed by atoms with E-state index in [1.54, 1.807) is 6.08 Å². The third-order valence-electron chi connectivity index (χ3n) is 9.51. The molecule has 0 bridgehead atoms. The predicted molar refractivity (Wildman–Crippen MR) is 212 cm³/mol. The van der Waals surface area contributed by atoms with Gasteiger partial charge in [-0.3, -0.25) is 13.8 Å². The Bertz CT molecular complexity index is 834. The lowest BCUT2D eigenvalue weighted by molar-refractivity contribution is -0.870. The molecule has 0 aromatic carbocycles. The summed E-state index contributed by atoms with van der Waals surface area (Å²) in [5.74, 6) is -0.176. The summed E-state index contributed by atoms with van der Waals surface area (Å²) in [5.41, 5.74) is 0. The second-order valence-electron chi connectivity index (χ2n) is 15.7. The molecule has 0 aromatic heterocycles. The number of rotatable bonds is 38. The van der Waals surface area contributed by atoms with Gasteiger partial charge < -0.3 is 19.8 Å². The molecule has 0 rings (SSSR count). The number of aliphatic hydroxyl groups is 1. The molecule has 0 radical (unpaired) electrons. The smallest absolute Gasteiger partial charge is 0.387 e.